The molecule has 0 spiro atoms. The van der Waals surface area contributed by atoms with E-state index in [1.165, 1.54) is 12.7 Å². The second-order valence-corrected chi connectivity index (χ2v) is 11.8. The molecule has 228 valence electrons. The lowest BCUT2D eigenvalue weighted by atomic mass is 9.93. The highest BCUT2D eigenvalue weighted by Crippen LogP contribution is 2.27. The van der Waals surface area contributed by atoms with Crippen molar-refractivity contribution in [2.24, 2.45) is 5.92 Å². The van der Waals surface area contributed by atoms with Crippen LogP contribution in [0.15, 0.2) is 48.5 Å². The van der Waals surface area contributed by atoms with Gasteiger partial charge in [-0.25, -0.2) is 5.48 Å². The first kappa shape index (κ1) is 32.9. The van der Waals surface area contributed by atoms with E-state index in [1.54, 1.807) is 20.8 Å². The lowest BCUT2D eigenvalue weighted by Gasteiger charge is -2.23. The number of para-hydroxylation sites is 1. The fourth-order valence-corrected chi connectivity index (χ4v) is 4.93. The number of Topliss-reactive ketones (excluding diaryl/α,β-unsaturated/α-hetero) is 2. The normalized spacial score (nSPS) is 14.2. The van der Waals surface area contributed by atoms with Gasteiger partial charge in [-0.15, -0.1) is 0 Å². The Balaban J connectivity index is 1.65. The van der Waals surface area contributed by atoms with Gasteiger partial charge in [0.1, 0.15) is 11.8 Å². The minimum Gasteiger partial charge on any atom is -0.385 e. The van der Waals surface area contributed by atoms with Gasteiger partial charge in [0, 0.05) is 45.0 Å². The molecule has 3 rings (SSSR count). The summed E-state index contributed by atoms with van der Waals surface area (Å²) in [5, 5.41) is 6.22. The van der Waals surface area contributed by atoms with Crippen molar-refractivity contribution in [3.8, 4) is 0 Å². The monoisotopic (exact) mass is 579 g/mol. The van der Waals surface area contributed by atoms with Crippen LogP contribution in [0.4, 0.5) is 5.69 Å². The molecule has 1 heterocycles. The molecule has 2 aromatic rings. The number of methoxy groups -OCH3 is 1. The molecular formula is C33H45N3O6. The first-order chi connectivity index (χ1) is 20.1. The fraction of sp³-hybridized carbons (Fsp3) is 0.515. The van der Waals surface area contributed by atoms with Gasteiger partial charge >= 0.3 is 0 Å². The molecule has 2 amide bonds. The number of anilines is 1. The summed E-state index contributed by atoms with van der Waals surface area (Å²) < 4.78 is 5.26. The molecule has 3 N–H and O–H groups in total. The van der Waals surface area contributed by atoms with Crippen molar-refractivity contribution in [2.45, 2.75) is 83.8 Å². The van der Waals surface area contributed by atoms with Gasteiger partial charge in [0.2, 0.25) is 11.8 Å². The van der Waals surface area contributed by atoms with Gasteiger partial charge in [-0.3, -0.25) is 24.0 Å². The van der Waals surface area contributed by atoms with Crippen LogP contribution in [-0.2, 0) is 48.0 Å². The average Bonchev–Trinajstić information content (AvgIpc) is 2.97. The van der Waals surface area contributed by atoms with Crippen LogP contribution in [0.25, 0.3) is 0 Å². The number of hydrogen-bond donors (Lipinski definition) is 3. The second kappa shape index (κ2) is 16.2. The van der Waals surface area contributed by atoms with Crippen LogP contribution < -0.4 is 16.1 Å². The Morgan fingerprint density at radius 3 is 2.43 bits per heavy atom. The lowest BCUT2D eigenvalue weighted by molar-refractivity contribution is -0.148. The topological polar surface area (TPSA) is 123 Å². The molecule has 1 aliphatic rings. The first-order valence-corrected chi connectivity index (χ1v) is 14.7. The van der Waals surface area contributed by atoms with E-state index in [2.05, 4.69) is 22.2 Å². The van der Waals surface area contributed by atoms with Gasteiger partial charge in [0.05, 0.1) is 18.1 Å². The Morgan fingerprint density at radius 1 is 0.952 bits per heavy atom. The molecule has 2 atom stereocenters. The molecular weight excluding hydrogens is 534 g/mol. The summed E-state index contributed by atoms with van der Waals surface area (Å²) in [6.07, 6.45) is 3.22. The number of ether oxygens (including phenoxy) is 1. The summed E-state index contributed by atoms with van der Waals surface area (Å²) >= 11 is 0. The van der Waals surface area contributed by atoms with Crippen molar-refractivity contribution in [1.29, 1.82) is 0 Å². The Labute approximate surface area is 249 Å². The average molecular weight is 580 g/mol. The number of benzene rings is 2. The zero-order valence-electron chi connectivity index (χ0n) is 25.3. The lowest BCUT2D eigenvalue weighted by Crippen LogP contribution is -2.47. The molecule has 0 unspecified atom stereocenters. The predicted molar refractivity (Wildman–Crippen MR) is 162 cm³/mol. The number of aryl methyl sites for hydroxylation is 3. The van der Waals surface area contributed by atoms with E-state index in [-0.39, 0.29) is 43.9 Å². The van der Waals surface area contributed by atoms with Gasteiger partial charge < -0.3 is 15.4 Å². The molecule has 9 nitrogen and oxygen atoms in total. The van der Waals surface area contributed by atoms with Crippen LogP contribution in [-0.4, -0.2) is 55.3 Å². The maximum Gasteiger partial charge on any atom is 0.244 e. The third-order valence-corrected chi connectivity index (χ3v) is 7.12. The highest BCUT2D eigenvalue weighted by atomic mass is 16.7. The minimum atomic E-state index is -0.964. The van der Waals surface area contributed by atoms with E-state index in [4.69, 9.17) is 9.57 Å². The number of carbonyl (C=O) groups excluding carboxylic acids is 4. The van der Waals surface area contributed by atoms with E-state index in [1.807, 2.05) is 42.5 Å². The highest BCUT2D eigenvalue weighted by Gasteiger charge is 2.29. The highest BCUT2D eigenvalue weighted by molar-refractivity contribution is 5.94. The van der Waals surface area contributed by atoms with Gasteiger partial charge in [-0.1, -0.05) is 48.5 Å². The zero-order valence-corrected chi connectivity index (χ0v) is 25.3. The minimum absolute atomic E-state index is 0.0102. The maximum atomic E-state index is 13.4. The number of hydroxylamine groups is 1. The van der Waals surface area contributed by atoms with Crippen molar-refractivity contribution in [3.63, 3.8) is 0 Å². The zero-order chi connectivity index (χ0) is 30.5. The molecule has 0 radical (unpaired) electrons. The van der Waals surface area contributed by atoms with Gasteiger partial charge in [-0.2, -0.15) is 0 Å². The summed E-state index contributed by atoms with van der Waals surface area (Å²) in [6.45, 7) is 6.25. The number of fused-ring (bicyclic) bond motifs is 1. The van der Waals surface area contributed by atoms with E-state index < -0.39 is 29.4 Å². The third kappa shape index (κ3) is 11.0. The number of ketones is 2. The smallest absolute Gasteiger partial charge is 0.244 e. The Kier molecular flexibility index (Phi) is 12.7. The summed E-state index contributed by atoms with van der Waals surface area (Å²) in [4.78, 5) is 57.6. The van der Waals surface area contributed by atoms with Crippen molar-refractivity contribution < 1.29 is 28.8 Å². The van der Waals surface area contributed by atoms with Crippen molar-refractivity contribution in [1.82, 2.24) is 10.8 Å². The van der Waals surface area contributed by atoms with Crippen molar-refractivity contribution in [2.75, 3.05) is 25.6 Å². The number of hydrogen-bond acceptors (Lipinski definition) is 7. The van der Waals surface area contributed by atoms with Gasteiger partial charge in [0.15, 0.2) is 5.78 Å². The summed E-state index contributed by atoms with van der Waals surface area (Å²) in [5.41, 5.74) is 6.19. The molecule has 0 aromatic heterocycles. The third-order valence-electron chi connectivity index (χ3n) is 7.12. The summed E-state index contributed by atoms with van der Waals surface area (Å²) in [7, 11) is 1.46. The molecule has 1 aliphatic heterocycles. The Bertz CT molecular complexity index is 1210. The van der Waals surface area contributed by atoms with Crippen LogP contribution in [0.3, 0.4) is 0 Å². The van der Waals surface area contributed by atoms with Crippen LogP contribution in [0.5, 0.6) is 0 Å². The number of nitrogens with one attached hydrogen (secondary N) is 3. The molecule has 42 heavy (non-hydrogen) atoms. The van der Waals surface area contributed by atoms with Gasteiger partial charge in [0.25, 0.3) is 0 Å². The molecule has 0 saturated heterocycles. The molecule has 2 aromatic carbocycles. The largest absolute Gasteiger partial charge is 0.385 e. The molecule has 0 bridgehead atoms. The molecule has 0 aliphatic carbocycles. The van der Waals surface area contributed by atoms with Crippen LogP contribution in [0.2, 0.25) is 0 Å². The molecule has 9 heteroatoms. The Hall–Kier alpha value is -3.56. The number of carbonyl (C=O) groups is 4. The van der Waals surface area contributed by atoms with Crippen LogP contribution in [0, 0.1) is 5.92 Å². The summed E-state index contributed by atoms with van der Waals surface area (Å²) in [5.74, 6) is -2.33. The van der Waals surface area contributed by atoms with Crippen molar-refractivity contribution in [3.05, 3.63) is 65.2 Å². The Morgan fingerprint density at radius 2 is 1.71 bits per heavy atom. The fourth-order valence-electron chi connectivity index (χ4n) is 4.93. The van der Waals surface area contributed by atoms with Gasteiger partial charge in [-0.05, 0) is 63.1 Å². The van der Waals surface area contributed by atoms with E-state index in [0.29, 0.717) is 12.8 Å². The van der Waals surface area contributed by atoms with E-state index in [9.17, 15) is 19.2 Å². The van der Waals surface area contributed by atoms with Crippen molar-refractivity contribution >= 4 is 29.1 Å². The molecule has 0 fully saturated rings. The maximum absolute atomic E-state index is 13.4. The summed E-state index contributed by atoms with van der Waals surface area (Å²) in [6, 6.07) is 14.8. The number of amides is 2. The first-order valence-electron chi connectivity index (χ1n) is 14.7. The quantitative estimate of drug-likeness (QED) is 0.256. The van der Waals surface area contributed by atoms with Crippen LogP contribution >= 0.6 is 0 Å². The van der Waals surface area contributed by atoms with Crippen LogP contribution in [0.1, 0.15) is 69.6 Å². The SMILES string of the molecule is COC[C@H](NC(=O)[C@@H](CC(=O)CCc1ccccc1)CC(=O)NOC(C)(C)C)C(=O)CCc1cccc2c1NCCC2. The second-order valence-electron chi connectivity index (χ2n) is 11.8. The molecule has 0 saturated carbocycles. The number of rotatable bonds is 16. The predicted octanol–water partition coefficient (Wildman–Crippen LogP) is 4.12. The van der Waals surface area contributed by atoms with E-state index >= 15 is 0 Å². The van der Waals surface area contributed by atoms with E-state index in [0.717, 1.165) is 36.2 Å². The standard InChI is InChI=1S/C33H45N3O6/c1-33(2,3)42-36-30(39)21-26(20-27(37)17-15-23-10-6-5-7-11-23)32(40)35-28(22-41-4)29(38)18-16-25-13-8-12-24-14-9-19-34-31(24)25/h5-8,10-13,26,28,34H,9,14-22H2,1-4H3,(H,35,40)(H,36,39)/t26-,28-/m0/s1.